The summed E-state index contributed by atoms with van der Waals surface area (Å²) >= 11 is 0. The molecule has 0 aliphatic heterocycles. The van der Waals surface area contributed by atoms with Gasteiger partial charge in [0.25, 0.3) is 0 Å². The number of amides is 1. The van der Waals surface area contributed by atoms with Crippen molar-refractivity contribution in [3.63, 3.8) is 0 Å². The summed E-state index contributed by atoms with van der Waals surface area (Å²) in [4.78, 5) is 21.7. The first kappa shape index (κ1) is 12.0. The Morgan fingerprint density at radius 2 is 1.93 bits per heavy atom. The normalized spacial score (nSPS) is 19.5. The van der Waals surface area contributed by atoms with Crippen molar-refractivity contribution >= 4 is 11.9 Å². The van der Waals surface area contributed by atoms with Gasteiger partial charge in [0.05, 0.1) is 0 Å². The van der Waals surface area contributed by atoms with Gasteiger partial charge in [-0.3, -0.25) is 4.79 Å². The third-order valence-electron chi connectivity index (χ3n) is 2.97. The first-order valence-corrected chi connectivity index (χ1v) is 5.59. The standard InChI is InChI=1S/C11H19NO3/c1-8(13)12-10(11(14)15)7-9-5-3-2-4-6-9/h9-10H,2-7H2,1H3,(H,12,13)(H,14,15)/t10-/m0/s1. The first-order valence-electron chi connectivity index (χ1n) is 5.59. The van der Waals surface area contributed by atoms with Gasteiger partial charge in [-0.1, -0.05) is 32.1 Å². The lowest BCUT2D eigenvalue weighted by Gasteiger charge is -2.24. The van der Waals surface area contributed by atoms with Crippen LogP contribution < -0.4 is 5.32 Å². The van der Waals surface area contributed by atoms with Gasteiger partial charge in [0, 0.05) is 6.92 Å². The second-order valence-electron chi connectivity index (χ2n) is 4.33. The van der Waals surface area contributed by atoms with E-state index in [-0.39, 0.29) is 5.91 Å². The van der Waals surface area contributed by atoms with Gasteiger partial charge >= 0.3 is 5.97 Å². The van der Waals surface area contributed by atoms with E-state index in [4.69, 9.17) is 5.11 Å². The minimum absolute atomic E-state index is 0.266. The number of carboxylic acid groups (broad SMARTS) is 1. The summed E-state index contributed by atoms with van der Waals surface area (Å²) in [5.74, 6) is -0.722. The van der Waals surface area contributed by atoms with Gasteiger partial charge in [-0.05, 0) is 12.3 Å². The van der Waals surface area contributed by atoms with E-state index in [0.29, 0.717) is 12.3 Å². The van der Waals surface area contributed by atoms with E-state index < -0.39 is 12.0 Å². The number of carbonyl (C=O) groups excluding carboxylic acids is 1. The quantitative estimate of drug-likeness (QED) is 0.744. The van der Waals surface area contributed by atoms with Crippen LogP contribution in [0.3, 0.4) is 0 Å². The van der Waals surface area contributed by atoms with Gasteiger partial charge in [0.1, 0.15) is 6.04 Å². The summed E-state index contributed by atoms with van der Waals surface area (Å²) in [6.45, 7) is 1.36. The van der Waals surface area contributed by atoms with Gasteiger partial charge in [0.15, 0.2) is 0 Å². The number of rotatable bonds is 4. The topological polar surface area (TPSA) is 66.4 Å². The summed E-state index contributed by atoms with van der Waals surface area (Å²) in [5, 5.41) is 11.4. The molecule has 0 aromatic carbocycles. The fraction of sp³-hybridized carbons (Fsp3) is 0.818. The van der Waals surface area contributed by atoms with Gasteiger partial charge < -0.3 is 10.4 Å². The summed E-state index contributed by atoms with van der Waals surface area (Å²) in [7, 11) is 0. The van der Waals surface area contributed by atoms with Gasteiger partial charge in [-0.15, -0.1) is 0 Å². The maximum Gasteiger partial charge on any atom is 0.326 e. The number of nitrogens with one attached hydrogen (secondary N) is 1. The number of carbonyl (C=O) groups is 2. The van der Waals surface area contributed by atoms with Crippen molar-refractivity contribution in [1.82, 2.24) is 5.32 Å². The molecule has 0 radical (unpaired) electrons. The molecule has 86 valence electrons. The predicted octanol–water partition coefficient (Wildman–Crippen LogP) is 1.55. The molecule has 1 aliphatic carbocycles. The minimum atomic E-state index is -0.921. The van der Waals surface area contributed by atoms with Crippen molar-refractivity contribution in [3.05, 3.63) is 0 Å². The minimum Gasteiger partial charge on any atom is -0.480 e. The maximum absolute atomic E-state index is 10.9. The molecule has 1 aliphatic rings. The van der Waals surface area contributed by atoms with E-state index >= 15 is 0 Å². The fourth-order valence-electron chi connectivity index (χ4n) is 2.22. The molecule has 1 amide bonds. The lowest BCUT2D eigenvalue weighted by atomic mass is 9.85. The average molecular weight is 213 g/mol. The van der Waals surface area contributed by atoms with Crippen LogP contribution in [-0.4, -0.2) is 23.0 Å². The van der Waals surface area contributed by atoms with Crippen LogP contribution in [0.1, 0.15) is 45.4 Å². The highest BCUT2D eigenvalue weighted by atomic mass is 16.4. The van der Waals surface area contributed by atoms with Crippen LogP contribution in [0.25, 0.3) is 0 Å². The Hall–Kier alpha value is -1.06. The molecule has 1 fully saturated rings. The van der Waals surface area contributed by atoms with Gasteiger partial charge in [0.2, 0.25) is 5.91 Å². The molecule has 4 nitrogen and oxygen atoms in total. The Morgan fingerprint density at radius 1 is 1.33 bits per heavy atom. The number of aliphatic carboxylic acids is 1. The molecule has 0 bridgehead atoms. The molecule has 0 aromatic rings. The van der Waals surface area contributed by atoms with Crippen molar-refractivity contribution in [2.24, 2.45) is 5.92 Å². The molecule has 2 N–H and O–H groups in total. The molecule has 0 aromatic heterocycles. The van der Waals surface area contributed by atoms with Crippen LogP contribution in [0.5, 0.6) is 0 Å². The summed E-state index contributed by atoms with van der Waals surface area (Å²) in [6, 6.07) is -0.703. The van der Waals surface area contributed by atoms with Crippen LogP contribution in [0.2, 0.25) is 0 Å². The molecule has 0 heterocycles. The van der Waals surface area contributed by atoms with Crippen LogP contribution in [0.4, 0.5) is 0 Å². The molecule has 15 heavy (non-hydrogen) atoms. The highest BCUT2D eigenvalue weighted by molar-refractivity contribution is 5.82. The third kappa shape index (κ3) is 4.32. The summed E-state index contributed by atoms with van der Waals surface area (Å²) in [5.41, 5.74) is 0. The van der Waals surface area contributed by atoms with Crippen molar-refractivity contribution in [2.75, 3.05) is 0 Å². The fourth-order valence-corrected chi connectivity index (χ4v) is 2.22. The summed E-state index contributed by atoms with van der Waals surface area (Å²) in [6.07, 6.45) is 6.42. The first-order chi connectivity index (χ1) is 7.09. The van der Waals surface area contributed by atoms with Crippen LogP contribution >= 0.6 is 0 Å². The number of hydrogen-bond donors (Lipinski definition) is 2. The number of carboxylic acids is 1. The SMILES string of the molecule is CC(=O)N[C@@H](CC1CCCCC1)C(=O)O. The zero-order valence-corrected chi connectivity index (χ0v) is 9.16. The zero-order valence-electron chi connectivity index (χ0n) is 9.16. The van der Waals surface area contributed by atoms with E-state index in [2.05, 4.69) is 5.32 Å². The van der Waals surface area contributed by atoms with Crippen molar-refractivity contribution in [3.8, 4) is 0 Å². The molecule has 0 saturated heterocycles. The van der Waals surface area contributed by atoms with Crippen LogP contribution in [-0.2, 0) is 9.59 Å². The predicted molar refractivity (Wildman–Crippen MR) is 56.4 cm³/mol. The van der Waals surface area contributed by atoms with Crippen molar-refractivity contribution in [1.29, 1.82) is 0 Å². The Labute approximate surface area is 90.0 Å². The second-order valence-corrected chi connectivity index (χ2v) is 4.33. The van der Waals surface area contributed by atoms with E-state index in [0.717, 1.165) is 12.8 Å². The molecule has 1 rings (SSSR count). The second kappa shape index (κ2) is 5.73. The third-order valence-corrected chi connectivity index (χ3v) is 2.97. The zero-order chi connectivity index (χ0) is 11.3. The Morgan fingerprint density at radius 3 is 2.40 bits per heavy atom. The summed E-state index contributed by atoms with van der Waals surface area (Å²) < 4.78 is 0. The monoisotopic (exact) mass is 213 g/mol. The van der Waals surface area contributed by atoms with Crippen LogP contribution in [0, 0.1) is 5.92 Å². The Bertz CT molecular complexity index is 234. The van der Waals surface area contributed by atoms with Gasteiger partial charge in [-0.25, -0.2) is 4.79 Å². The maximum atomic E-state index is 10.9. The lowest BCUT2D eigenvalue weighted by molar-refractivity contribution is -0.142. The highest BCUT2D eigenvalue weighted by Gasteiger charge is 2.24. The number of hydrogen-bond acceptors (Lipinski definition) is 2. The highest BCUT2D eigenvalue weighted by Crippen LogP contribution is 2.27. The molecule has 4 heteroatoms. The van der Waals surface area contributed by atoms with Crippen molar-refractivity contribution < 1.29 is 14.7 Å². The van der Waals surface area contributed by atoms with E-state index in [1.54, 1.807) is 0 Å². The smallest absolute Gasteiger partial charge is 0.326 e. The molecule has 0 unspecified atom stereocenters. The molecule has 1 saturated carbocycles. The molecular formula is C11H19NO3. The lowest BCUT2D eigenvalue weighted by Crippen LogP contribution is -2.41. The van der Waals surface area contributed by atoms with Crippen molar-refractivity contribution in [2.45, 2.75) is 51.5 Å². The molecular weight excluding hydrogens is 194 g/mol. The van der Waals surface area contributed by atoms with E-state index in [9.17, 15) is 9.59 Å². The largest absolute Gasteiger partial charge is 0.480 e. The van der Waals surface area contributed by atoms with Gasteiger partial charge in [-0.2, -0.15) is 0 Å². The molecule has 0 spiro atoms. The van der Waals surface area contributed by atoms with E-state index in [1.165, 1.54) is 26.2 Å². The Balaban J connectivity index is 2.42. The molecule has 1 atom stereocenters. The Kier molecular flexibility index (Phi) is 4.59. The van der Waals surface area contributed by atoms with Crippen LogP contribution in [0.15, 0.2) is 0 Å². The average Bonchev–Trinajstić information content (AvgIpc) is 2.17. The van der Waals surface area contributed by atoms with E-state index in [1.807, 2.05) is 0 Å².